The lowest BCUT2D eigenvalue weighted by molar-refractivity contribution is 0.381. The van der Waals surface area contributed by atoms with E-state index in [9.17, 15) is 5.26 Å². The lowest BCUT2D eigenvalue weighted by atomic mass is 9.96. The number of hydrogen-bond acceptors (Lipinski definition) is 13. The summed E-state index contributed by atoms with van der Waals surface area (Å²) in [5.41, 5.74) is 6.52. The number of rotatable bonds is 15. The summed E-state index contributed by atoms with van der Waals surface area (Å²) in [5.74, 6) is -7.24. The van der Waals surface area contributed by atoms with Crippen molar-refractivity contribution in [2.45, 2.75) is 0 Å². The molecule has 0 atom stereocenters. The quantitative estimate of drug-likeness (QED) is 0.0536. The monoisotopic (exact) mass is 1520 g/mol. The van der Waals surface area contributed by atoms with Crippen molar-refractivity contribution >= 4 is 43.6 Å². The Kier molecular flexibility index (Phi) is 17.5. The third-order valence-corrected chi connectivity index (χ3v) is 20.6. The Bertz CT molecular complexity index is 6740. The largest absolute Gasteiger partial charge is 0.308 e. The highest BCUT2D eigenvalue weighted by molar-refractivity contribution is 6.14. The smallest absolute Gasteiger partial charge is 0.200 e. The molecule has 0 aliphatic carbocycles. The molecule has 6 aromatic heterocycles. The summed E-state index contributed by atoms with van der Waals surface area (Å²) < 4.78 is 87.8. The molecule has 0 bridgehead atoms. The van der Waals surface area contributed by atoms with Gasteiger partial charge in [0.2, 0.25) is 5.82 Å². The Balaban J connectivity index is 0.915. The number of hydrogen-bond donors (Lipinski definition) is 0. The van der Waals surface area contributed by atoms with Crippen molar-refractivity contribution in [3.8, 4) is 165 Å². The fourth-order valence-electron chi connectivity index (χ4n) is 15.0. The van der Waals surface area contributed by atoms with Gasteiger partial charge < -0.3 is 9.13 Å². The molecule has 0 spiro atoms. The summed E-state index contributed by atoms with van der Waals surface area (Å²) in [6, 6.07) is 103. The van der Waals surface area contributed by atoms with Crippen molar-refractivity contribution in [1.29, 1.82) is 5.26 Å². The zero-order valence-corrected chi connectivity index (χ0v) is 61.3. The number of fused-ring (bicyclic) bond motifs is 6. The van der Waals surface area contributed by atoms with Crippen LogP contribution in [0.15, 0.2) is 328 Å². The van der Waals surface area contributed by atoms with E-state index in [1.54, 1.807) is 16.7 Å². The van der Waals surface area contributed by atoms with E-state index in [4.69, 9.17) is 59.8 Å². The summed E-state index contributed by atoms with van der Waals surface area (Å²) in [6.45, 7) is 0. The first kappa shape index (κ1) is 70.0. The lowest BCUT2D eigenvalue weighted by Crippen LogP contribution is -2.10. The van der Waals surface area contributed by atoms with E-state index in [-0.39, 0.29) is 51.3 Å². The molecule has 0 saturated heterocycles. The SMILES string of the molecule is N#Cc1c(-n2c3cc(-c4nc(-c5ccccc5)nc(-c5ccccc5)n4)ccc3c3ccc(-c4nc(-c5ccccc5)nc(-c5ccccc5)n4)cc32)ccc(-c2c(F)c(F)c(F)c(F)c2F)c1-n1c2cc(-c3nc(-c4ccccc4)nc(-c4ccccc4)n3)ccc2c2ccc(-c3nc(-c4ccccc4)nc(-c4ccccc4)n3)cc21. The van der Waals surface area contributed by atoms with Crippen LogP contribution in [0, 0.1) is 40.4 Å². The molecule has 6 heterocycles. The number of benzene rings is 14. The summed E-state index contributed by atoms with van der Waals surface area (Å²) in [4.78, 5) is 61.1. The highest BCUT2D eigenvalue weighted by Crippen LogP contribution is 2.47. The predicted octanol–water partition coefficient (Wildman–Crippen LogP) is 22.9. The molecule has 0 fully saturated rings. The van der Waals surface area contributed by atoms with Crippen molar-refractivity contribution in [2.24, 2.45) is 0 Å². The molecule has 0 radical (unpaired) electrons. The van der Waals surface area contributed by atoms with Crippen LogP contribution in [0.3, 0.4) is 0 Å². The zero-order valence-electron chi connectivity index (χ0n) is 61.3. The van der Waals surface area contributed by atoms with E-state index in [1.165, 1.54) is 12.1 Å². The van der Waals surface area contributed by atoms with Crippen LogP contribution >= 0.6 is 0 Å². The van der Waals surface area contributed by atoms with Crippen LogP contribution in [0.25, 0.3) is 203 Å². The van der Waals surface area contributed by atoms with Gasteiger partial charge in [0.15, 0.2) is 93.2 Å². The second-order valence-corrected chi connectivity index (χ2v) is 27.7. The molecular weight excluding hydrogens is 1470 g/mol. The third-order valence-electron chi connectivity index (χ3n) is 20.6. The Morgan fingerprint density at radius 3 is 0.641 bits per heavy atom. The Hall–Kier alpha value is -16.1. The van der Waals surface area contributed by atoms with Crippen molar-refractivity contribution in [3.05, 3.63) is 362 Å². The molecule has 0 saturated carbocycles. The van der Waals surface area contributed by atoms with Crippen LogP contribution in [0.2, 0.25) is 0 Å². The fraction of sp³-hybridized carbons (Fsp3) is 0. The minimum absolute atomic E-state index is 0.0860. The van der Waals surface area contributed by atoms with Crippen LogP contribution in [-0.2, 0) is 0 Å². The normalized spacial score (nSPS) is 11.5. The molecule has 0 aliphatic heterocycles. The minimum Gasteiger partial charge on any atom is -0.308 e. The van der Waals surface area contributed by atoms with Crippen LogP contribution in [0.4, 0.5) is 22.0 Å². The van der Waals surface area contributed by atoms with Gasteiger partial charge in [-0.2, -0.15) is 5.26 Å². The van der Waals surface area contributed by atoms with E-state index >= 15 is 22.0 Å². The van der Waals surface area contributed by atoms with Gasteiger partial charge in [-0.1, -0.05) is 291 Å². The molecule has 0 amide bonds. The summed E-state index contributed by atoms with van der Waals surface area (Å²) in [5, 5.41) is 15.1. The molecular formula is C97H54F5N15. The molecule has 14 aromatic carbocycles. The number of nitrogens with zero attached hydrogens (tertiary/aromatic N) is 15. The first-order valence-corrected chi connectivity index (χ1v) is 37.3. The topological polar surface area (TPSA) is 188 Å². The number of nitriles is 1. The third kappa shape index (κ3) is 12.7. The zero-order chi connectivity index (χ0) is 78.8. The van der Waals surface area contributed by atoms with Gasteiger partial charge in [-0.15, -0.1) is 0 Å². The minimum atomic E-state index is -2.38. The molecule has 0 unspecified atom stereocenters. The molecule has 117 heavy (non-hydrogen) atoms. The second kappa shape index (κ2) is 29.2. The average Bonchev–Trinajstić information content (AvgIpc) is 1.57. The maximum Gasteiger partial charge on any atom is 0.200 e. The van der Waals surface area contributed by atoms with Gasteiger partial charge in [-0.3, -0.25) is 0 Å². The second-order valence-electron chi connectivity index (χ2n) is 27.7. The first-order valence-electron chi connectivity index (χ1n) is 37.3. The fourth-order valence-corrected chi connectivity index (χ4v) is 15.0. The summed E-state index contributed by atoms with van der Waals surface area (Å²) >= 11 is 0. The number of halogens is 5. The van der Waals surface area contributed by atoms with Gasteiger partial charge in [0.1, 0.15) is 11.6 Å². The van der Waals surface area contributed by atoms with Crippen molar-refractivity contribution in [3.63, 3.8) is 0 Å². The standard InChI is InChI=1S/C97H54F5N15/c98-80-79(81(99)83(101)84(102)82(80)100)72-49-50-74(116-75-51-64(94-108-86(56-25-9-1-10-26-56)104-87(109-94)57-27-11-2-12-28-57)41-45-68(75)69-46-42-65(52-76(69)116)95-110-88(58-29-13-3-14-30-58)105-89(111-95)59-31-15-4-16-32-59)73(55-103)85(72)117-77-53-66(96-112-90(60-33-17-5-18-34-60)106-91(113-96)61-35-19-6-20-36-61)43-47-70(77)71-48-44-67(54-78(71)117)97-114-92(62-37-21-7-22-38-62)107-93(115-97)63-39-23-8-24-40-63/h1-54H. The van der Waals surface area contributed by atoms with Gasteiger partial charge >= 0.3 is 0 Å². The molecule has 0 N–H and O–H groups in total. The highest BCUT2D eigenvalue weighted by Gasteiger charge is 2.33. The molecule has 20 rings (SSSR count). The van der Waals surface area contributed by atoms with Crippen LogP contribution in [-0.4, -0.2) is 68.9 Å². The van der Waals surface area contributed by atoms with Crippen LogP contribution in [0.5, 0.6) is 0 Å². The Labute approximate surface area is 663 Å². The summed E-state index contributed by atoms with van der Waals surface area (Å²) in [6.07, 6.45) is 0. The first-order chi connectivity index (χ1) is 57.5. The van der Waals surface area contributed by atoms with Gasteiger partial charge in [-0.05, 0) is 36.4 Å². The maximum atomic E-state index is 17.7. The molecule has 20 aromatic rings. The molecule has 552 valence electrons. The predicted molar refractivity (Wildman–Crippen MR) is 444 cm³/mol. The van der Waals surface area contributed by atoms with Crippen LogP contribution in [0.1, 0.15) is 5.56 Å². The maximum absolute atomic E-state index is 17.7. The van der Waals surface area contributed by atoms with Crippen LogP contribution < -0.4 is 0 Å². The van der Waals surface area contributed by atoms with Gasteiger partial charge in [0, 0.05) is 93.9 Å². The molecule has 20 heteroatoms. The average molecular weight is 1520 g/mol. The van der Waals surface area contributed by atoms with Crippen molar-refractivity contribution in [1.82, 2.24) is 68.9 Å². The highest BCUT2D eigenvalue weighted by atomic mass is 19.2. The van der Waals surface area contributed by atoms with E-state index in [2.05, 4.69) is 6.07 Å². The Morgan fingerprint density at radius 1 is 0.214 bits per heavy atom. The van der Waals surface area contributed by atoms with E-state index in [0.717, 1.165) is 22.3 Å². The van der Waals surface area contributed by atoms with Crippen molar-refractivity contribution < 1.29 is 22.0 Å². The van der Waals surface area contributed by atoms with E-state index < -0.39 is 40.2 Å². The lowest BCUT2D eigenvalue weighted by Gasteiger charge is -2.21. The van der Waals surface area contributed by atoms with E-state index in [0.29, 0.717) is 124 Å². The van der Waals surface area contributed by atoms with Gasteiger partial charge in [0.05, 0.1) is 39.0 Å². The molecule has 0 aliphatic rings. The van der Waals surface area contributed by atoms with E-state index in [1.807, 2.05) is 308 Å². The Morgan fingerprint density at radius 2 is 0.419 bits per heavy atom. The number of aromatic nitrogens is 14. The van der Waals surface area contributed by atoms with Crippen molar-refractivity contribution in [2.75, 3.05) is 0 Å². The van der Waals surface area contributed by atoms with Gasteiger partial charge in [-0.25, -0.2) is 81.8 Å². The summed E-state index contributed by atoms with van der Waals surface area (Å²) in [7, 11) is 0. The molecule has 15 nitrogen and oxygen atoms in total. The van der Waals surface area contributed by atoms with Gasteiger partial charge in [0.25, 0.3) is 0 Å².